The Morgan fingerprint density at radius 3 is 2.53 bits per heavy atom. The Labute approximate surface area is 116 Å². The molecule has 0 fully saturated rings. The van der Waals surface area contributed by atoms with Gasteiger partial charge in [0.15, 0.2) is 11.1 Å². The highest BCUT2D eigenvalue weighted by atomic mass is 32.2. The maximum atomic E-state index is 12.1. The van der Waals surface area contributed by atoms with Crippen LogP contribution in [0.3, 0.4) is 0 Å². The molecule has 0 aromatic heterocycles. The topological polar surface area (TPSA) is 109 Å². The molecule has 0 spiro atoms. The van der Waals surface area contributed by atoms with Crippen molar-refractivity contribution in [2.24, 2.45) is 16.5 Å². The molecule has 0 atom stereocenters. The largest absolute Gasteiger partial charge is 0.370 e. The number of nitrogens with two attached hydrogens (primary N) is 2. The molecule has 0 aliphatic heterocycles. The molecule has 0 radical (unpaired) electrons. The smallest absolute Gasteiger partial charge is 0.237 e. The number of amidine groups is 1. The summed E-state index contributed by atoms with van der Waals surface area (Å²) in [6.45, 7) is 2.47. The number of aliphatic imine (C=N–C) groups is 1. The maximum absolute atomic E-state index is 12.1. The fourth-order valence-electron chi connectivity index (χ4n) is 1.47. The lowest BCUT2D eigenvalue weighted by Gasteiger charge is -2.20. The number of nitrogens with one attached hydrogen (secondary N) is 1. The zero-order valence-corrected chi connectivity index (χ0v) is 11.5. The summed E-state index contributed by atoms with van der Waals surface area (Å²) in [5, 5.41) is 7.39. The van der Waals surface area contributed by atoms with Crippen molar-refractivity contribution in [1.82, 2.24) is 0 Å². The molecule has 0 heterocycles. The molecule has 1 aromatic carbocycles. The summed E-state index contributed by atoms with van der Waals surface area (Å²) >= 11 is 0.996. The van der Waals surface area contributed by atoms with Gasteiger partial charge in [-0.05, 0) is 19.1 Å². The van der Waals surface area contributed by atoms with E-state index < -0.39 is 0 Å². The van der Waals surface area contributed by atoms with Crippen molar-refractivity contribution in [2.75, 3.05) is 17.2 Å². The highest BCUT2D eigenvalue weighted by Gasteiger charge is 2.14. The fraction of sp³-hybridized carbons (Fsp3) is 0.250. The lowest BCUT2D eigenvalue weighted by atomic mass is 10.3. The standard InChI is InChI=1S/C12H17N5OS/c1-2-17(9-6-4-3-5-7-9)10(18)8-19-12(15)16-11(13)14/h3-7H,2,8H2,1H3,(H5,13,14,15,16). The molecular formula is C12H17N5OS. The van der Waals surface area contributed by atoms with E-state index in [0.29, 0.717) is 6.54 Å². The average Bonchev–Trinajstić information content (AvgIpc) is 2.38. The molecule has 1 amide bonds. The van der Waals surface area contributed by atoms with E-state index in [1.165, 1.54) is 0 Å². The van der Waals surface area contributed by atoms with Crippen LogP contribution in [0.5, 0.6) is 0 Å². The quantitative estimate of drug-likeness (QED) is 0.564. The minimum Gasteiger partial charge on any atom is -0.370 e. The van der Waals surface area contributed by atoms with Gasteiger partial charge in [-0.25, -0.2) is 0 Å². The van der Waals surface area contributed by atoms with Gasteiger partial charge in [0.2, 0.25) is 5.91 Å². The number of hydrogen-bond acceptors (Lipinski definition) is 3. The van der Waals surface area contributed by atoms with Crippen LogP contribution in [0, 0.1) is 5.41 Å². The van der Waals surface area contributed by atoms with E-state index in [-0.39, 0.29) is 22.8 Å². The predicted octanol–water partition coefficient (Wildman–Crippen LogP) is 0.981. The third-order valence-electron chi connectivity index (χ3n) is 2.25. The molecule has 0 aliphatic carbocycles. The first-order valence-corrected chi connectivity index (χ1v) is 6.69. The number of amides is 1. The summed E-state index contributed by atoms with van der Waals surface area (Å²) in [5.41, 5.74) is 11.1. The second-order valence-corrected chi connectivity index (χ2v) is 4.57. The van der Waals surface area contributed by atoms with Gasteiger partial charge in [0.05, 0.1) is 5.75 Å². The first-order valence-electron chi connectivity index (χ1n) is 5.71. The van der Waals surface area contributed by atoms with E-state index in [1.54, 1.807) is 4.90 Å². The van der Waals surface area contributed by atoms with Gasteiger partial charge in [0.25, 0.3) is 0 Å². The molecule has 0 aliphatic rings. The summed E-state index contributed by atoms with van der Waals surface area (Å²) in [5.74, 6) is -0.146. The number of hydrogen-bond donors (Lipinski definition) is 3. The zero-order chi connectivity index (χ0) is 14.3. The number of thioether (sulfide) groups is 1. The molecule has 6 nitrogen and oxygen atoms in total. The Morgan fingerprint density at radius 1 is 1.37 bits per heavy atom. The van der Waals surface area contributed by atoms with Crippen molar-refractivity contribution in [2.45, 2.75) is 6.92 Å². The second kappa shape index (κ2) is 7.42. The van der Waals surface area contributed by atoms with Crippen LogP contribution in [-0.4, -0.2) is 29.3 Å². The fourth-order valence-corrected chi connectivity index (χ4v) is 2.05. The molecule has 0 saturated carbocycles. The molecule has 1 rings (SSSR count). The minimum atomic E-state index is -0.180. The molecule has 0 saturated heterocycles. The van der Waals surface area contributed by atoms with E-state index >= 15 is 0 Å². The third-order valence-corrected chi connectivity index (χ3v) is 3.00. The van der Waals surface area contributed by atoms with E-state index in [0.717, 1.165) is 17.4 Å². The second-order valence-electron chi connectivity index (χ2n) is 3.60. The first-order chi connectivity index (χ1) is 9.04. The molecular weight excluding hydrogens is 262 g/mol. The maximum Gasteiger partial charge on any atom is 0.237 e. The van der Waals surface area contributed by atoms with Gasteiger partial charge in [-0.2, -0.15) is 4.99 Å². The molecule has 19 heavy (non-hydrogen) atoms. The third kappa shape index (κ3) is 5.01. The van der Waals surface area contributed by atoms with Crippen LogP contribution in [0.1, 0.15) is 6.92 Å². The molecule has 7 heteroatoms. The monoisotopic (exact) mass is 279 g/mol. The Bertz CT molecular complexity index is 470. The van der Waals surface area contributed by atoms with Crippen LogP contribution < -0.4 is 16.4 Å². The van der Waals surface area contributed by atoms with Gasteiger partial charge < -0.3 is 16.4 Å². The minimum absolute atomic E-state index is 0.0718. The molecule has 0 bridgehead atoms. The highest BCUT2D eigenvalue weighted by Crippen LogP contribution is 2.15. The summed E-state index contributed by atoms with van der Waals surface area (Å²) in [7, 11) is 0. The lowest BCUT2D eigenvalue weighted by Crippen LogP contribution is -2.32. The van der Waals surface area contributed by atoms with Gasteiger partial charge in [0, 0.05) is 12.2 Å². The summed E-state index contributed by atoms with van der Waals surface area (Å²) in [6, 6.07) is 9.38. The van der Waals surface area contributed by atoms with Gasteiger partial charge in [-0.1, -0.05) is 30.0 Å². The van der Waals surface area contributed by atoms with E-state index in [2.05, 4.69) is 4.99 Å². The van der Waals surface area contributed by atoms with Crippen LogP contribution in [0.15, 0.2) is 35.3 Å². The number of para-hydroxylation sites is 1. The van der Waals surface area contributed by atoms with Crippen molar-refractivity contribution < 1.29 is 4.79 Å². The normalized spacial score (nSPS) is 9.74. The molecule has 1 aromatic rings. The van der Waals surface area contributed by atoms with E-state index in [9.17, 15) is 4.79 Å². The highest BCUT2D eigenvalue weighted by molar-refractivity contribution is 8.14. The van der Waals surface area contributed by atoms with Crippen molar-refractivity contribution in [3.63, 3.8) is 0 Å². The van der Waals surface area contributed by atoms with Crippen LogP contribution in [-0.2, 0) is 4.79 Å². The van der Waals surface area contributed by atoms with Gasteiger partial charge in [-0.3, -0.25) is 10.2 Å². The van der Waals surface area contributed by atoms with Gasteiger partial charge in [0.1, 0.15) is 0 Å². The Hall–Kier alpha value is -2.02. The van der Waals surface area contributed by atoms with E-state index in [4.69, 9.17) is 16.9 Å². The van der Waals surface area contributed by atoms with Crippen molar-refractivity contribution in [3.05, 3.63) is 30.3 Å². The van der Waals surface area contributed by atoms with Gasteiger partial charge in [-0.15, -0.1) is 0 Å². The Balaban J connectivity index is 2.61. The van der Waals surface area contributed by atoms with Crippen LogP contribution in [0.2, 0.25) is 0 Å². The number of nitrogens with zero attached hydrogens (tertiary/aromatic N) is 2. The summed E-state index contributed by atoms with van der Waals surface area (Å²) in [6.07, 6.45) is 0. The number of benzene rings is 1. The van der Waals surface area contributed by atoms with Crippen LogP contribution in [0.25, 0.3) is 0 Å². The molecule has 102 valence electrons. The van der Waals surface area contributed by atoms with Crippen LogP contribution >= 0.6 is 11.8 Å². The average molecular weight is 279 g/mol. The van der Waals surface area contributed by atoms with E-state index in [1.807, 2.05) is 37.3 Å². The number of rotatable bonds is 4. The number of anilines is 1. The SMILES string of the molecule is CCN(C(=O)CSC(=N)N=C(N)N)c1ccccc1. The number of guanidine groups is 1. The number of carbonyl (C=O) groups is 1. The molecule has 5 N–H and O–H groups in total. The van der Waals surface area contributed by atoms with Crippen molar-refractivity contribution in [3.8, 4) is 0 Å². The summed E-state index contributed by atoms with van der Waals surface area (Å²) in [4.78, 5) is 17.3. The Kier molecular flexibility index (Phi) is 5.87. The van der Waals surface area contributed by atoms with Crippen LogP contribution in [0.4, 0.5) is 5.69 Å². The first kappa shape index (κ1) is 15.0. The van der Waals surface area contributed by atoms with Gasteiger partial charge >= 0.3 is 0 Å². The predicted molar refractivity (Wildman–Crippen MR) is 80.5 cm³/mol. The summed E-state index contributed by atoms with van der Waals surface area (Å²) < 4.78 is 0. The lowest BCUT2D eigenvalue weighted by molar-refractivity contribution is -0.116. The van der Waals surface area contributed by atoms with Crippen molar-refractivity contribution >= 4 is 34.5 Å². The number of carbonyl (C=O) groups excluding carboxylic acids is 1. The molecule has 0 unspecified atom stereocenters. The zero-order valence-electron chi connectivity index (χ0n) is 10.7. The Morgan fingerprint density at radius 2 is 2.00 bits per heavy atom. The van der Waals surface area contributed by atoms with Crippen molar-refractivity contribution in [1.29, 1.82) is 5.41 Å².